The average Bonchev–Trinajstić information content (AvgIpc) is 3.09. The minimum atomic E-state index is -0.660. The van der Waals surface area contributed by atoms with Gasteiger partial charge in [-0.25, -0.2) is 4.79 Å². The second-order valence-electron chi connectivity index (χ2n) is 9.30. The molecule has 2 unspecified atom stereocenters. The van der Waals surface area contributed by atoms with Crippen molar-refractivity contribution in [1.29, 1.82) is 0 Å². The Morgan fingerprint density at radius 2 is 1.72 bits per heavy atom. The molecule has 2 aromatic carbocycles. The summed E-state index contributed by atoms with van der Waals surface area (Å²) in [5.74, 6) is 0.0339. The van der Waals surface area contributed by atoms with Crippen molar-refractivity contribution in [3.05, 3.63) is 59.1 Å². The van der Waals surface area contributed by atoms with Crippen LogP contribution in [0.3, 0.4) is 0 Å². The van der Waals surface area contributed by atoms with Crippen LogP contribution in [0.5, 0.6) is 5.75 Å². The summed E-state index contributed by atoms with van der Waals surface area (Å²) >= 11 is 6.26. The highest BCUT2D eigenvalue weighted by Gasteiger charge is 2.71. The number of anilines is 1. The highest BCUT2D eigenvalue weighted by molar-refractivity contribution is 6.33. The maximum absolute atomic E-state index is 13.5. The van der Waals surface area contributed by atoms with Crippen molar-refractivity contribution in [2.75, 3.05) is 12.4 Å². The van der Waals surface area contributed by atoms with Crippen molar-refractivity contribution in [3.8, 4) is 5.75 Å². The molecule has 0 aromatic heterocycles. The van der Waals surface area contributed by atoms with Crippen molar-refractivity contribution >= 4 is 34.9 Å². The number of methoxy groups -OCH3 is 1. The summed E-state index contributed by atoms with van der Waals surface area (Å²) in [6.45, 7) is 6.30. The lowest BCUT2D eigenvalue weighted by molar-refractivity contribution is -0.130. The molecule has 2 atom stereocenters. The molecule has 168 valence electrons. The Kier molecular flexibility index (Phi) is 5.53. The molecule has 1 amide bonds. The van der Waals surface area contributed by atoms with Gasteiger partial charge in [0.25, 0.3) is 0 Å². The quantitative estimate of drug-likeness (QED) is 0.463. The third-order valence-corrected chi connectivity index (χ3v) is 8.18. The molecule has 0 aliphatic heterocycles. The predicted octanol–water partition coefficient (Wildman–Crippen LogP) is 5.72. The van der Waals surface area contributed by atoms with Crippen molar-refractivity contribution in [3.63, 3.8) is 0 Å². The molecule has 7 heteroatoms. The topological polar surface area (TPSA) is 77.0 Å². The van der Waals surface area contributed by atoms with Gasteiger partial charge in [-0.3, -0.25) is 4.79 Å². The van der Waals surface area contributed by atoms with Crippen LogP contribution < -0.4 is 10.1 Å². The van der Waals surface area contributed by atoms with Gasteiger partial charge in [-0.05, 0) is 54.7 Å². The van der Waals surface area contributed by atoms with Crippen LogP contribution in [-0.2, 0) is 9.63 Å². The highest BCUT2D eigenvalue weighted by Crippen LogP contribution is 2.71. The van der Waals surface area contributed by atoms with Crippen LogP contribution in [0, 0.1) is 16.2 Å². The van der Waals surface area contributed by atoms with E-state index in [0.29, 0.717) is 28.4 Å². The maximum atomic E-state index is 13.5. The zero-order valence-electron chi connectivity index (χ0n) is 18.7. The van der Waals surface area contributed by atoms with Crippen LogP contribution in [0.15, 0.2) is 53.7 Å². The van der Waals surface area contributed by atoms with E-state index in [1.807, 2.05) is 12.1 Å². The number of rotatable bonds is 5. The lowest BCUT2D eigenvalue weighted by Gasteiger charge is -2.39. The molecule has 0 radical (unpaired) electrons. The number of hydrogen-bond donors (Lipinski definition) is 1. The zero-order valence-corrected chi connectivity index (χ0v) is 19.5. The molecule has 2 saturated carbocycles. The molecule has 2 aliphatic rings. The van der Waals surface area contributed by atoms with Crippen LogP contribution in [0.1, 0.15) is 50.4 Å². The van der Waals surface area contributed by atoms with Gasteiger partial charge in [0.15, 0.2) is 0 Å². The molecule has 0 heterocycles. The monoisotopic (exact) mass is 454 g/mol. The highest BCUT2D eigenvalue weighted by atomic mass is 35.5. The maximum Gasteiger partial charge on any atom is 0.365 e. The summed E-state index contributed by atoms with van der Waals surface area (Å²) in [4.78, 5) is 31.3. The predicted molar refractivity (Wildman–Crippen MR) is 124 cm³/mol. The Morgan fingerprint density at radius 3 is 2.38 bits per heavy atom. The largest absolute Gasteiger partial charge is 0.497 e. The summed E-state index contributed by atoms with van der Waals surface area (Å²) in [7, 11) is 1.56. The normalized spacial score (nSPS) is 26.7. The molecule has 2 bridgehead atoms. The summed E-state index contributed by atoms with van der Waals surface area (Å²) in [5, 5.41) is 7.79. The number of halogens is 1. The smallest absolute Gasteiger partial charge is 0.365 e. The van der Waals surface area contributed by atoms with Gasteiger partial charge in [-0.1, -0.05) is 49.7 Å². The molecular formula is C25H27ClN2O4. The van der Waals surface area contributed by atoms with Crippen LogP contribution in [0.2, 0.25) is 5.02 Å². The summed E-state index contributed by atoms with van der Waals surface area (Å²) in [6, 6.07) is 13.9. The average molecular weight is 455 g/mol. The lowest BCUT2D eigenvalue weighted by Crippen LogP contribution is -2.43. The number of ether oxygens (including phenoxy) is 1. The summed E-state index contributed by atoms with van der Waals surface area (Å²) < 4.78 is 5.12. The van der Waals surface area contributed by atoms with Gasteiger partial charge in [-0.15, -0.1) is 0 Å². The fourth-order valence-corrected chi connectivity index (χ4v) is 5.39. The minimum absolute atomic E-state index is 0.0778. The fourth-order valence-electron chi connectivity index (χ4n) is 5.20. The van der Waals surface area contributed by atoms with E-state index >= 15 is 0 Å². The van der Waals surface area contributed by atoms with E-state index in [4.69, 9.17) is 21.2 Å². The molecule has 0 saturated heterocycles. The first-order valence-corrected chi connectivity index (χ1v) is 11.0. The van der Waals surface area contributed by atoms with Crippen LogP contribution in [0.4, 0.5) is 5.69 Å². The number of carbonyl (C=O) groups excluding carboxylic acids is 2. The molecule has 4 rings (SSSR count). The lowest BCUT2D eigenvalue weighted by atomic mass is 9.64. The van der Waals surface area contributed by atoms with Crippen molar-refractivity contribution in [2.24, 2.45) is 21.4 Å². The SMILES string of the molecule is COc1ccc(C(=O)ON=C2CC3(C(=O)Nc4ccccc4Cl)CCC2(C)C3(C)C)cc1. The number of nitrogens with one attached hydrogen (secondary N) is 1. The number of carbonyl (C=O) groups is 2. The van der Waals surface area contributed by atoms with E-state index in [0.717, 1.165) is 18.6 Å². The Balaban J connectivity index is 1.57. The van der Waals surface area contributed by atoms with Crippen molar-refractivity contribution < 1.29 is 19.2 Å². The van der Waals surface area contributed by atoms with Crippen LogP contribution in [0.25, 0.3) is 0 Å². The first kappa shape index (κ1) is 22.3. The van der Waals surface area contributed by atoms with Crippen LogP contribution >= 0.6 is 11.6 Å². The number of nitrogens with zero attached hydrogens (tertiary/aromatic N) is 1. The van der Waals surface area contributed by atoms with E-state index in [1.54, 1.807) is 43.5 Å². The van der Waals surface area contributed by atoms with Gasteiger partial charge >= 0.3 is 5.97 Å². The molecule has 1 N–H and O–H groups in total. The molecular weight excluding hydrogens is 428 g/mol. The summed E-state index contributed by atoms with van der Waals surface area (Å²) in [6.07, 6.45) is 1.95. The van der Waals surface area contributed by atoms with Gasteiger partial charge in [-0.2, -0.15) is 0 Å². The van der Waals surface area contributed by atoms with E-state index < -0.39 is 11.4 Å². The Labute approximate surface area is 192 Å². The second kappa shape index (κ2) is 7.93. The van der Waals surface area contributed by atoms with Gasteiger partial charge < -0.3 is 14.9 Å². The standard InChI is InChI=1S/C25H27ClN2O4/c1-23(2)24(3)13-14-25(23,22(30)27-19-8-6-5-7-18(19)26)15-20(24)28-32-21(29)16-9-11-17(31-4)12-10-16/h5-12H,13-15H2,1-4H3,(H,27,30). The van der Waals surface area contributed by atoms with Gasteiger partial charge in [0.05, 0.1) is 34.5 Å². The first-order valence-electron chi connectivity index (χ1n) is 10.6. The fraction of sp³-hybridized carbons (Fsp3) is 0.400. The first-order chi connectivity index (χ1) is 15.1. The summed E-state index contributed by atoms with van der Waals surface area (Å²) in [5.41, 5.74) is 0.321. The van der Waals surface area contributed by atoms with Crippen molar-refractivity contribution in [2.45, 2.75) is 40.0 Å². The molecule has 2 aliphatic carbocycles. The Hall–Kier alpha value is -2.86. The molecule has 0 spiro atoms. The molecule has 32 heavy (non-hydrogen) atoms. The van der Waals surface area contributed by atoms with E-state index in [1.165, 1.54) is 0 Å². The Morgan fingerprint density at radius 1 is 1.03 bits per heavy atom. The second-order valence-corrected chi connectivity index (χ2v) is 9.70. The number of benzene rings is 2. The third kappa shape index (κ3) is 3.28. The number of oxime groups is 1. The number of para-hydroxylation sites is 1. The minimum Gasteiger partial charge on any atom is -0.497 e. The van der Waals surface area contributed by atoms with E-state index in [-0.39, 0.29) is 16.7 Å². The third-order valence-electron chi connectivity index (χ3n) is 7.85. The number of hydrogen-bond acceptors (Lipinski definition) is 5. The molecule has 6 nitrogen and oxygen atoms in total. The molecule has 2 fully saturated rings. The number of amides is 1. The zero-order chi connectivity index (χ0) is 23.1. The van der Waals surface area contributed by atoms with E-state index in [9.17, 15) is 9.59 Å². The number of fused-ring (bicyclic) bond motifs is 2. The Bertz CT molecular complexity index is 1100. The van der Waals surface area contributed by atoms with E-state index in [2.05, 4.69) is 31.2 Å². The van der Waals surface area contributed by atoms with Crippen LogP contribution in [-0.4, -0.2) is 24.7 Å². The van der Waals surface area contributed by atoms with Crippen molar-refractivity contribution in [1.82, 2.24) is 0 Å². The van der Waals surface area contributed by atoms with Gasteiger partial charge in [0.2, 0.25) is 5.91 Å². The van der Waals surface area contributed by atoms with Gasteiger partial charge in [0, 0.05) is 11.8 Å². The van der Waals surface area contributed by atoms with Gasteiger partial charge in [0.1, 0.15) is 5.75 Å². The molecule has 2 aromatic rings.